The van der Waals surface area contributed by atoms with Gasteiger partial charge < -0.3 is 0 Å². The van der Waals surface area contributed by atoms with Crippen molar-refractivity contribution in [3.8, 4) is 16.9 Å². The van der Waals surface area contributed by atoms with E-state index < -0.39 is 38.9 Å². The fraction of sp³-hybridized carbons (Fsp3) is 0.0476. The van der Waals surface area contributed by atoms with E-state index in [1.165, 1.54) is 22.9 Å². The molecule has 0 atom stereocenters. The SMILES string of the molecule is CS(=O)(=O)NC(=O)c1cc(Cl)c(-n2nc(-c3ccc(F)cc3Cl)c3cc(F)ccc32)cc1F. The van der Waals surface area contributed by atoms with Crippen LogP contribution in [-0.4, -0.2) is 30.4 Å². The molecular weight excluding hydrogens is 502 g/mol. The van der Waals surface area contributed by atoms with Crippen LogP contribution in [0.1, 0.15) is 10.4 Å². The van der Waals surface area contributed by atoms with Gasteiger partial charge in [0, 0.05) is 17.0 Å². The first-order chi connectivity index (χ1) is 15.4. The highest BCUT2D eigenvalue weighted by atomic mass is 35.5. The van der Waals surface area contributed by atoms with E-state index >= 15 is 0 Å². The second-order valence-electron chi connectivity index (χ2n) is 7.03. The first-order valence-corrected chi connectivity index (χ1v) is 11.7. The van der Waals surface area contributed by atoms with Crippen molar-refractivity contribution in [1.29, 1.82) is 0 Å². The lowest BCUT2D eigenvalue weighted by atomic mass is 10.1. The van der Waals surface area contributed by atoms with Crippen molar-refractivity contribution in [2.24, 2.45) is 0 Å². The summed E-state index contributed by atoms with van der Waals surface area (Å²) in [5, 5.41) is 4.57. The lowest BCUT2D eigenvalue weighted by Crippen LogP contribution is -2.30. The number of carbonyl (C=O) groups is 1. The van der Waals surface area contributed by atoms with Crippen molar-refractivity contribution < 1.29 is 26.4 Å². The molecule has 4 aromatic rings. The summed E-state index contributed by atoms with van der Waals surface area (Å²) in [4.78, 5) is 12.1. The zero-order valence-electron chi connectivity index (χ0n) is 16.5. The summed E-state index contributed by atoms with van der Waals surface area (Å²) in [6, 6.07) is 9.18. The average Bonchev–Trinajstić information content (AvgIpc) is 3.06. The Hall–Kier alpha value is -3.08. The molecule has 6 nitrogen and oxygen atoms in total. The predicted octanol–water partition coefficient (Wildman–Crippen LogP) is 5.11. The minimum absolute atomic E-state index is 0.00818. The molecular formula is C21H12Cl2F3N3O3S. The fourth-order valence-corrected chi connectivity index (χ4v) is 4.20. The minimum Gasteiger partial charge on any atom is -0.268 e. The smallest absolute Gasteiger partial charge is 0.267 e. The Labute approximate surface area is 195 Å². The number of carbonyl (C=O) groups excluding carboxylic acids is 1. The molecule has 0 aliphatic heterocycles. The highest BCUT2D eigenvalue weighted by Crippen LogP contribution is 2.36. The number of halogens is 5. The van der Waals surface area contributed by atoms with E-state index in [1.54, 1.807) is 4.72 Å². The standard InChI is InChI=1S/C21H12Cl2F3N3O3S/c1-33(31,32)28-21(30)13-8-16(23)19(9-17(13)26)29-18-5-3-10(24)6-14(18)20(27-29)12-4-2-11(25)7-15(12)22/h2-9H,1H3,(H,28,30). The topological polar surface area (TPSA) is 81.1 Å². The Morgan fingerprint density at radius 3 is 2.30 bits per heavy atom. The van der Waals surface area contributed by atoms with E-state index in [2.05, 4.69) is 5.10 Å². The molecule has 1 heterocycles. The van der Waals surface area contributed by atoms with E-state index in [4.69, 9.17) is 23.2 Å². The number of nitrogens with one attached hydrogen (secondary N) is 1. The quantitative estimate of drug-likeness (QED) is 0.411. The zero-order valence-corrected chi connectivity index (χ0v) is 18.9. The molecule has 0 saturated heterocycles. The van der Waals surface area contributed by atoms with Crippen molar-refractivity contribution in [3.63, 3.8) is 0 Å². The van der Waals surface area contributed by atoms with Crippen LogP contribution in [0.4, 0.5) is 13.2 Å². The number of hydrogen-bond donors (Lipinski definition) is 1. The van der Waals surface area contributed by atoms with Gasteiger partial charge in [0.15, 0.2) is 0 Å². The Morgan fingerprint density at radius 2 is 1.64 bits per heavy atom. The Balaban J connectivity index is 1.92. The number of benzene rings is 3. The molecule has 1 aromatic heterocycles. The highest BCUT2D eigenvalue weighted by Gasteiger charge is 2.22. The number of nitrogens with zero attached hydrogens (tertiary/aromatic N) is 2. The molecule has 1 amide bonds. The molecule has 12 heteroatoms. The van der Waals surface area contributed by atoms with Crippen molar-refractivity contribution >= 4 is 50.0 Å². The lowest BCUT2D eigenvalue weighted by Gasteiger charge is -2.10. The van der Waals surface area contributed by atoms with Crippen LogP contribution < -0.4 is 4.72 Å². The van der Waals surface area contributed by atoms with Crippen LogP contribution in [0.15, 0.2) is 48.5 Å². The number of rotatable bonds is 4. The van der Waals surface area contributed by atoms with Crippen LogP contribution >= 0.6 is 23.2 Å². The van der Waals surface area contributed by atoms with Gasteiger partial charge in [-0.1, -0.05) is 23.2 Å². The first kappa shape index (κ1) is 23.1. The summed E-state index contributed by atoms with van der Waals surface area (Å²) >= 11 is 12.4. The van der Waals surface area contributed by atoms with Crippen LogP contribution in [0.2, 0.25) is 10.0 Å². The van der Waals surface area contributed by atoms with E-state index in [0.717, 1.165) is 36.6 Å². The van der Waals surface area contributed by atoms with Gasteiger partial charge in [0.2, 0.25) is 10.0 Å². The summed E-state index contributed by atoms with van der Waals surface area (Å²) < 4.78 is 67.8. The van der Waals surface area contributed by atoms with Gasteiger partial charge in [0.25, 0.3) is 5.91 Å². The molecule has 0 radical (unpaired) electrons. The summed E-state index contributed by atoms with van der Waals surface area (Å²) in [5.41, 5.74) is 0.198. The maximum Gasteiger partial charge on any atom is 0.267 e. The van der Waals surface area contributed by atoms with Gasteiger partial charge in [-0.2, -0.15) is 5.10 Å². The fourth-order valence-electron chi connectivity index (χ4n) is 3.25. The van der Waals surface area contributed by atoms with Crippen LogP contribution in [0.5, 0.6) is 0 Å². The number of sulfonamides is 1. The summed E-state index contributed by atoms with van der Waals surface area (Å²) in [6.45, 7) is 0. The first-order valence-electron chi connectivity index (χ1n) is 9.10. The Morgan fingerprint density at radius 1 is 0.970 bits per heavy atom. The van der Waals surface area contributed by atoms with Crippen molar-refractivity contribution in [2.45, 2.75) is 0 Å². The van der Waals surface area contributed by atoms with E-state index in [1.807, 2.05) is 0 Å². The molecule has 0 bridgehead atoms. The molecule has 0 unspecified atom stereocenters. The number of hydrogen-bond acceptors (Lipinski definition) is 4. The van der Waals surface area contributed by atoms with E-state index in [0.29, 0.717) is 16.5 Å². The van der Waals surface area contributed by atoms with Gasteiger partial charge in [-0.15, -0.1) is 0 Å². The van der Waals surface area contributed by atoms with Crippen LogP contribution in [0.25, 0.3) is 27.8 Å². The third-order valence-corrected chi connectivity index (χ3v) is 5.79. The maximum absolute atomic E-state index is 14.8. The lowest BCUT2D eigenvalue weighted by molar-refractivity contribution is 0.0978. The number of aromatic nitrogens is 2. The second kappa shape index (κ2) is 8.36. The van der Waals surface area contributed by atoms with Crippen molar-refractivity contribution in [3.05, 3.63) is 81.6 Å². The summed E-state index contributed by atoms with van der Waals surface area (Å²) in [5.74, 6) is -3.42. The monoisotopic (exact) mass is 513 g/mol. The average molecular weight is 514 g/mol. The molecule has 170 valence electrons. The van der Waals surface area contributed by atoms with Crippen molar-refractivity contribution in [1.82, 2.24) is 14.5 Å². The van der Waals surface area contributed by atoms with Gasteiger partial charge in [0.05, 0.1) is 33.1 Å². The van der Waals surface area contributed by atoms with Gasteiger partial charge >= 0.3 is 0 Å². The molecule has 0 saturated carbocycles. The predicted molar refractivity (Wildman–Crippen MR) is 119 cm³/mol. The third-order valence-electron chi connectivity index (χ3n) is 4.62. The Bertz CT molecular complexity index is 1560. The molecule has 4 rings (SSSR count). The third kappa shape index (κ3) is 4.54. The van der Waals surface area contributed by atoms with E-state index in [-0.39, 0.29) is 21.4 Å². The second-order valence-corrected chi connectivity index (χ2v) is 9.60. The molecule has 0 aliphatic carbocycles. The van der Waals surface area contributed by atoms with Gasteiger partial charge in [0.1, 0.15) is 23.1 Å². The van der Waals surface area contributed by atoms with E-state index in [9.17, 15) is 26.4 Å². The normalized spacial score (nSPS) is 11.7. The number of amides is 1. The van der Waals surface area contributed by atoms with Crippen LogP contribution in [-0.2, 0) is 10.0 Å². The van der Waals surface area contributed by atoms with Crippen molar-refractivity contribution in [2.75, 3.05) is 6.26 Å². The Kier molecular flexibility index (Phi) is 5.85. The van der Waals surface area contributed by atoms with Crippen LogP contribution in [0.3, 0.4) is 0 Å². The maximum atomic E-state index is 14.8. The van der Waals surface area contributed by atoms with Gasteiger partial charge in [-0.3, -0.25) is 4.79 Å². The largest absolute Gasteiger partial charge is 0.268 e. The molecule has 0 spiro atoms. The summed E-state index contributed by atoms with van der Waals surface area (Å²) in [7, 11) is -3.93. The molecule has 1 N–H and O–H groups in total. The summed E-state index contributed by atoms with van der Waals surface area (Å²) in [6.07, 6.45) is 0.746. The molecule has 33 heavy (non-hydrogen) atoms. The zero-order chi connectivity index (χ0) is 24.1. The minimum atomic E-state index is -3.93. The number of fused-ring (bicyclic) bond motifs is 1. The van der Waals surface area contributed by atoms with Gasteiger partial charge in [-0.05, 0) is 42.5 Å². The van der Waals surface area contributed by atoms with Gasteiger partial charge in [-0.25, -0.2) is 31.0 Å². The molecule has 0 aliphatic rings. The molecule has 0 fully saturated rings. The molecule has 3 aromatic carbocycles. The highest BCUT2D eigenvalue weighted by molar-refractivity contribution is 7.89. The van der Waals surface area contributed by atoms with Crippen LogP contribution in [0, 0.1) is 17.5 Å².